The van der Waals surface area contributed by atoms with Gasteiger partial charge in [-0.2, -0.15) is 0 Å². The molecule has 1 saturated heterocycles. The predicted octanol–water partition coefficient (Wildman–Crippen LogP) is 1.33. The maximum atomic E-state index is 13.4. The molecule has 3 atom stereocenters. The van der Waals surface area contributed by atoms with Gasteiger partial charge >= 0.3 is 0 Å². The molecule has 1 N–H and O–H groups in total. The van der Waals surface area contributed by atoms with Crippen LogP contribution in [0.4, 0.5) is 5.69 Å². The molecule has 3 heterocycles. The van der Waals surface area contributed by atoms with Crippen LogP contribution in [0.25, 0.3) is 0 Å². The quantitative estimate of drug-likeness (QED) is 0.584. The molecule has 2 aliphatic rings. The minimum absolute atomic E-state index is 0.00777. The van der Waals surface area contributed by atoms with E-state index in [1.807, 2.05) is 44.3 Å². The summed E-state index contributed by atoms with van der Waals surface area (Å²) in [6.45, 7) is 9.40. The van der Waals surface area contributed by atoms with Crippen LogP contribution in [0.1, 0.15) is 42.7 Å². The summed E-state index contributed by atoms with van der Waals surface area (Å²) < 4.78 is 8.03. The van der Waals surface area contributed by atoms with Crippen molar-refractivity contribution in [1.82, 2.24) is 29.7 Å². The first kappa shape index (κ1) is 29.0. The molecule has 0 saturated carbocycles. The van der Waals surface area contributed by atoms with Gasteiger partial charge in [0.1, 0.15) is 5.69 Å². The fourth-order valence-electron chi connectivity index (χ4n) is 5.15. The van der Waals surface area contributed by atoms with Crippen molar-refractivity contribution >= 4 is 17.5 Å². The Morgan fingerprint density at radius 2 is 1.90 bits per heavy atom. The molecule has 11 heteroatoms. The number of likely N-dealkylation sites (N-methyl/N-ethyl adjacent to an activating group) is 2. The van der Waals surface area contributed by atoms with Crippen molar-refractivity contribution in [3.8, 4) is 0 Å². The van der Waals surface area contributed by atoms with Crippen molar-refractivity contribution in [3.05, 3.63) is 41.7 Å². The van der Waals surface area contributed by atoms with Gasteiger partial charge in [-0.25, -0.2) is 0 Å². The Balaban J connectivity index is 1.46. The minimum Gasteiger partial charge on any atom is -0.394 e. The molecule has 2 bridgehead atoms. The normalized spacial score (nSPS) is 22.5. The third-order valence-electron chi connectivity index (χ3n) is 7.83. The van der Waals surface area contributed by atoms with E-state index in [0.29, 0.717) is 43.7 Å². The summed E-state index contributed by atoms with van der Waals surface area (Å²) in [5.74, 6) is -0.179. The first-order chi connectivity index (χ1) is 18.7. The summed E-state index contributed by atoms with van der Waals surface area (Å²) in [5.41, 5.74) is 2.47. The summed E-state index contributed by atoms with van der Waals surface area (Å²) in [7, 11) is 3.92. The summed E-state index contributed by atoms with van der Waals surface area (Å²) >= 11 is 0. The number of anilines is 1. The lowest BCUT2D eigenvalue weighted by atomic mass is 10.0. The number of hydrogen-bond donors (Lipinski definition) is 1. The fourth-order valence-corrected chi connectivity index (χ4v) is 5.15. The number of aryl methyl sites for hydroxylation is 1. The van der Waals surface area contributed by atoms with Crippen LogP contribution in [-0.2, 0) is 22.7 Å². The summed E-state index contributed by atoms with van der Waals surface area (Å²) in [4.78, 5) is 34.5. The molecule has 2 aromatic rings. The molecule has 2 aliphatic heterocycles. The number of carbonyl (C=O) groups is 2. The van der Waals surface area contributed by atoms with Crippen molar-refractivity contribution in [1.29, 1.82) is 0 Å². The molecular formula is C28H43N7O4. The Morgan fingerprint density at radius 1 is 1.18 bits per heavy atom. The number of hydrogen-bond acceptors (Lipinski definition) is 8. The first-order valence-electron chi connectivity index (χ1n) is 13.9. The summed E-state index contributed by atoms with van der Waals surface area (Å²) in [6.07, 6.45) is 2.49. The smallest absolute Gasteiger partial charge is 0.253 e. The van der Waals surface area contributed by atoms with Gasteiger partial charge in [-0.05, 0) is 44.7 Å². The van der Waals surface area contributed by atoms with E-state index in [0.717, 1.165) is 31.9 Å². The number of benzene rings is 1. The van der Waals surface area contributed by atoms with Gasteiger partial charge in [0, 0.05) is 76.5 Å². The number of ether oxygens (including phenoxy) is 1. The predicted molar refractivity (Wildman–Crippen MR) is 148 cm³/mol. The molecule has 0 unspecified atom stereocenters. The highest BCUT2D eigenvalue weighted by molar-refractivity contribution is 5.94. The highest BCUT2D eigenvalue weighted by atomic mass is 16.5. The highest BCUT2D eigenvalue weighted by Gasteiger charge is 2.29. The topological polar surface area (TPSA) is 107 Å². The van der Waals surface area contributed by atoms with E-state index in [1.165, 1.54) is 0 Å². The summed E-state index contributed by atoms with van der Waals surface area (Å²) in [6, 6.07) is 7.52. The van der Waals surface area contributed by atoms with Crippen LogP contribution >= 0.6 is 0 Å². The van der Waals surface area contributed by atoms with E-state index in [9.17, 15) is 14.7 Å². The number of fused-ring (bicyclic) bond motifs is 2. The largest absolute Gasteiger partial charge is 0.394 e. The van der Waals surface area contributed by atoms with Crippen molar-refractivity contribution < 1.29 is 19.4 Å². The molecule has 214 valence electrons. The van der Waals surface area contributed by atoms with Crippen LogP contribution in [0.2, 0.25) is 0 Å². The molecule has 0 radical (unpaired) electrons. The van der Waals surface area contributed by atoms with Crippen LogP contribution in [0, 0.1) is 5.92 Å². The Bertz CT molecular complexity index is 1080. The lowest BCUT2D eigenvalue weighted by Gasteiger charge is -2.35. The highest BCUT2D eigenvalue weighted by Crippen LogP contribution is 2.20. The van der Waals surface area contributed by atoms with Gasteiger partial charge < -0.3 is 29.4 Å². The third-order valence-corrected chi connectivity index (χ3v) is 7.83. The molecule has 2 amide bonds. The number of piperazine rings is 1. The Hall–Kier alpha value is -3.02. The molecule has 0 aliphatic carbocycles. The zero-order valence-corrected chi connectivity index (χ0v) is 23.7. The second-order valence-electron chi connectivity index (χ2n) is 11.0. The van der Waals surface area contributed by atoms with E-state index >= 15 is 0 Å². The third kappa shape index (κ3) is 7.55. The van der Waals surface area contributed by atoms with E-state index in [-0.39, 0.29) is 43.1 Å². The molecular weight excluding hydrogens is 498 g/mol. The van der Waals surface area contributed by atoms with E-state index in [1.54, 1.807) is 21.5 Å². The van der Waals surface area contributed by atoms with Gasteiger partial charge in [-0.3, -0.25) is 14.3 Å². The average molecular weight is 542 g/mol. The number of rotatable bonds is 6. The number of amides is 2. The number of nitrogens with zero attached hydrogens (tertiary/aromatic N) is 7. The summed E-state index contributed by atoms with van der Waals surface area (Å²) in [5, 5.41) is 18.2. The van der Waals surface area contributed by atoms with Crippen LogP contribution in [0.15, 0.2) is 30.5 Å². The van der Waals surface area contributed by atoms with Gasteiger partial charge in [-0.15, -0.1) is 5.10 Å². The second kappa shape index (κ2) is 13.4. The molecule has 39 heavy (non-hydrogen) atoms. The van der Waals surface area contributed by atoms with Crippen LogP contribution < -0.4 is 4.90 Å². The molecule has 11 nitrogen and oxygen atoms in total. The fraction of sp³-hybridized carbons (Fsp3) is 0.643. The van der Waals surface area contributed by atoms with Gasteiger partial charge in [0.2, 0.25) is 5.91 Å². The molecule has 1 aromatic carbocycles. The Morgan fingerprint density at radius 3 is 2.59 bits per heavy atom. The first-order valence-corrected chi connectivity index (χ1v) is 13.9. The lowest BCUT2D eigenvalue weighted by molar-refractivity contribution is -0.136. The van der Waals surface area contributed by atoms with Gasteiger partial charge in [-0.1, -0.05) is 12.1 Å². The van der Waals surface area contributed by atoms with E-state index in [2.05, 4.69) is 27.2 Å². The lowest BCUT2D eigenvalue weighted by Crippen LogP contribution is -2.47. The molecule has 4 rings (SSSR count). The van der Waals surface area contributed by atoms with Crippen molar-refractivity contribution in [2.75, 3.05) is 64.9 Å². The molecule has 0 spiro atoms. The minimum atomic E-state index is -0.351. The maximum absolute atomic E-state index is 13.4. The van der Waals surface area contributed by atoms with Crippen molar-refractivity contribution in [3.63, 3.8) is 0 Å². The zero-order chi connectivity index (χ0) is 27.9. The van der Waals surface area contributed by atoms with E-state index < -0.39 is 0 Å². The Kier molecular flexibility index (Phi) is 9.93. The number of aromatic nitrogens is 3. The zero-order valence-electron chi connectivity index (χ0n) is 23.7. The maximum Gasteiger partial charge on any atom is 0.253 e. The molecule has 1 fully saturated rings. The van der Waals surface area contributed by atoms with Gasteiger partial charge in [0.05, 0.1) is 31.6 Å². The van der Waals surface area contributed by atoms with Gasteiger partial charge in [0.15, 0.2) is 0 Å². The van der Waals surface area contributed by atoms with Crippen molar-refractivity contribution in [2.45, 2.75) is 52.0 Å². The molecule has 1 aromatic heterocycles. The van der Waals surface area contributed by atoms with E-state index in [4.69, 9.17) is 4.74 Å². The number of aliphatic hydroxyl groups excluding tert-OH is 1. The average Bonchev–Trinajstić information content (AvgIpc) is 3.40. The number of aliphatic hydroxyl groups is 1. The van der Waals surface area contributed by atoms with Crippen LogP contribution in [0.3, 0.4) is 0 Å². The monoisotopic (exact) mass is 541 g/mol. The number of carbonyl (C=O) groups excluding carboxylic acids is 2. The Labute approximate surface area is 231 Å². The van der Waals surface area contributed by atoms with Crippen molar-refractivity contribution in [2.24, 2.45) is 5.92 Å². The van der Waals surface area contributed by atoms with Gasteiger partial charge in [0.25, 0.3) is 5.91 Å². The van der Waals surface area contributed by atoms with Crippen LogP contribution in [0.5, 0.6) is 0 Å². The second-order valence-corrected chi connectivity index (χ2v) is 11.0. The SMILES string of the molecule is C[C@H]1CN([C@@H](C)CO)C(=O)CCCn2cc(nn2)CO[C@@H]1CN(C)C(=O)c1ccc(N2CCN(C)CC2)cc1. The standard InChI is InChI=1S/C28H43N7O4/c1-21-16-35(22(2)19-36)27(37)6-5-11-34-17-24(29-30-34)20-39-26(21)18-32(4)28(38)23-7-9-25(10-8-23)33-14-12-31(3)13-15-33/h7-10,17,21-22,26,36H,5-6,11-16,18-20H2,1-4H3/t21-,22-,26+/m0/s1. The van der Waals surface area contributed by atoms with Crippen LogP contribution in [-0.4, -0.2) is 119 Å².